The predicted octanol–water partition coefficient (Wildman–Crippen LogP) is 2.24. The van der Waals surface area contributed by atoms with Crippen LogP contribution in [0.15, 0.2) is 6.20 Å². The van der Waals surface area contributed by atoms with Crippen LogP contribution < -0.4 is 9.47 Å². The molecule has 0 spiro atoms. The molecular formula is C10H9F4NO4. The average Bonchev–Trinajstić information content (AvgIpc) is 2.35. The van der Waals surface area contributed by atoms with Gasteiger partial charge in [-0.2, -0.15) is 0 Å². The maximum Gasteiger partial charge on any atom is 0.573 e. The van der Waals surface area contributed by atoms with Crippen LogP contribution in [0.2, 0.25) is 0 Å². The lowest BCUT2D eigenvalue weighted by molar-refractivity contribution is -0.275. The van der Waals surface area contributed by atoms with Gasteiger partial charge in [-0.1, -0.05) is 0 Å². The summed E-state index contributed by atoms with van der Waals surface area (Å²) < 4.78 is 62.2. The minimum absolute atomic E-state index is 0.447. The topological polar surface area (TPSA) is 57.7 Å². The quantitative estimate of drug-likeness (QED) is 0.626. The number of nitrogens with zero attached hydrogens (tertiary/aromatic N) is 1. The van der Waals surface area contributed by atoms with E-state index in [1.165, 1.54) is 0 Å². The van der Waals surface area contributed by atoms with Crippen LogP contribution in [0.1, 0.15) is 16.1 Å². The number of rotatable bonds is 4. The highest BCUT2D eigenvalue weighted by Crippen LogP contribution is 2.37. The van der Waals surface area contributed by atoms with E-state index >= 15 is 0 Å². The molecule has 0 saturated heterocycles. The van der Waals surface area contributed by atoms with E-state index in [1.54, 1.807) is 0 Å². The molecule has 0 radical (unpaired) electrons. The number of ether oxygens (including phenoxy) is 3. The highest BCUT2D eigenvalue weighted by Gasteiger charge is 2.35. The zero-order valence-electron chi connectivity index (χ0n) is 9.88. The maximum atomic E-state index is 12.9. The first-order valence-electron chi connectivity index (χ1n) is 4.80. The Morgan fingerprint density at radius 3 is 2.42 bits per heavy atom. The molecule has 0 aliphatic carbocycles. The Balaban J connectivity index is 3.41. The van der Waals surface area contributed by atoms with Gasteiger partial charge in [0.15, 0.2) is 17.2 Å². The van der Waals surface area contributed by atoms with E-state index in [2.05, 4.69) is 19.2 Å². The number of pyridine rings is 1. The third-order valence-corrected chi connectivity index (χ3v) is 2.04. The molecule has 1 rings (SSSR count). The summed E-state index contributed by atoms with van der Waals surface area (Å²) >= 11 is 0. The summed E-state index contributed by atoms with van der Waals surface area (Å²) in [6, 6.07) is 0. The number of hydrogen-bond acceptors (Lipinski definition) is 5. The number of aromatic nitrogens is 1. The minimum Gasteiger partial charge on any atom is -0.491 e. The second kappa shape index (κ2) is 5.72. The molecule has 0 N–H and O–H groups in total. The van der Waals surface area contributed by atoms with Gasteiger partial charge in [-0.05, 0) is 0 Å². The van der Waals surface area contributed by atoms with Gasteiger partial charge < -0.3 is 14.2 Å². The Morgan fingerprint density at radius 2 is 2.00 bits per heavy atom. The predicted molar refractivity (Wildman–Crippen MR) is 53.6 cm³/mol. The zero-order valence-corrected chi connectivity index (χ0v) is 9.88. The summed E-state index contributed by atoms with van der Waals surface area (Å²) in [5, 5.41) is 0. The number of hydrogen-bond donors (Lipinski definition) is 0. The Kier molecular flexibility index (Phi) is 4.52. The molecule has 0 amide bonds. The molecule has 5 nitrogen and oxygen atoms in total. The Bertz CT molecular complexity index is 475. The Labute approximate surface area is 105 Å². The summed E-state index contributed by atoms with van der Waals surface area (Å²) in [7, 11) is 2.04. The Hall–Kier alpha value is -2.06. The number of esters is 1. The van der Waals surface area contributed by atoms with Gasteiger partial charge in [0.25, 0.3) is 0 Å². The van der Waals surface area contributed by atoms with Crippen molar-refractivity contribution in [2.24, 2.45) is 0 Å². The molecular weight excluding hydrogens is 274 g/mol. The molecule has 0 fully saturated rings. The molecule has 1 aromatic rings. The monoisotopic (exact) mass is 283 g/mol. The first-order chi connectivity index (χ1) is 8.84. The van der Waals surface area contributed by atoms with Gasteiger partial charge in [0.1, 0.15) is 6.67 Å². The van der Waals surface area contributed by atoms with Crippen molar-refractivity contribution in [3.63, 3.8) is 0 Å². The van der Waals surface area contributed by atoms with Gasteiger partial charge in [0.2, 0.25) is 0 Å². The smallest absolute Gasteiger partial charge is 0.491 e. The normalized spacial score (nSPS) is 11.1. The summed E-state index contributed by atoms with van der Waals surface area (Å²) in [5.41, 5.74) is -1.30. The first-order valence-corrected chi connectivity index (χ1v) is 4.80. The second-order valence-corrected chi connectivity index (χ2v) is 3.16. The van der Waals surface area contributed by atoms with Crippen LogP contribution in [0, 0.1) is 0 Å². The van der Waals surface area contributed by atoms with E-state index in [4.69, 9.17) is 0 Å². The van der Waals surface area contributed by atoms with Crippen LogP contribution in [0.3, 0.4) is 0 Å². The summed E-state index contributed by atoms with van der Waals surface area (Å²) in [6.45, 7) is -1.40. The maximum absolute atomic E-state index is 12.9. The van der Waals surface area contributed by atoms with Crippen molar-refractivity contribution in [3.05, 3.63) is 17.5 Å². The Morgan fingerprint density at radius 1 is 1.37 bits per heavy atom. The van der Waals surface area contributed by atoms with Crippen molar-refractivity contribution in [1.29, 1.82) is 0 Å². The zero-order chi connectivity index (χ0) is 14.6. The van der Waals surface area contributed by atoms with Crippen LogP contribution in [0.4, 0.5) is 17.6 Å². The van der Waals surface area contributed by atoms with Crippen LogP contribution >= 0.6 is 0 Å². The highest BCUT2D eigenvalue weighted by atomic mass is 19.4. The SMILES string of the molecule is COC(=O)c1ncc(OC)c(OC(F)(F)F)c1CF. The number of methoxy groups -OCH3 is 2. The fourth-order valence-electron chi connectivity index (χ4n) is 1.29. The molecule has 1 aromatic heterocycles. The van der Waals surface area contributed by atoms with E-state index in [0.717, 1.165) is 20.4 Å². The molecule has 9 heteroatoms. The molecule has 0 bridgehead atoms. The minimum atomic E-state index is -5.06. The van der Waals surface area contributed by atoms with E-state index in [-0.39, 0.29) is 0 Å². The number of alkyl halides is 4. The lowest BCUT2D eigenvalue weighted by Crippen LogP contribution is -2.20. The van der Waals surface area contributed by atoms with Crippen LogP contribution in [-0.4, -0.2) is 31.5 Å². The van der Waals surface area contributed by atoms with Gasteiger partial charge in [0.05, 0.1) is 26.0 Å². The van der Waals surface area contributed by atoms with Crippen molar-refractivity contribution < 1.29 is 36.6 Å². The molecule has 19 heavy (non-hydrogen) atoms. The average molecular weight is 283 g/mol. The lowest BCUT2D eigenvalue weighted by atomic mass is 10.2. The van der Waals surface area contributed by atoms with E-state index in [0.29, 0.717) is 0 Å². The fourth-order valence-corrected chi connectivity index (χ4v) is 1.29. The molecule has 1 heterocycles. The summed E-state index contributed by atoms with van der Waals surface area (Å²) in [4.78, 5) is 14.8. The van der Waals surface area contributed by atoms with Gasteiger partial charge in [-0.15, -0.1) is 13.2 Å². The third kappa shape index (κ3) is 3.46. The van der Waals surface area contributed by atoms with Crippen molar-refractivity contribution in [3.8, 4) is 11.5 Å². The third-order valence-electron chi connectivity index (χ3n) is 2.04. The van der Waals surface area contributed by atoms with Crippen molar-refractivity contribution >= 4 is 5.97 Å². The van der Waals surface area contributed by atoms with Crippen LogP contribution in [0.5, 0.6) is 11.5 Å². The molecule has 0 saturated carbocycles. The van der Waals surface area contributed by atoms with Crippen molar-refractivity contribution in [2.75, 3.05) is 14.2 Å². The number of carbonyl (C=O) groups excluding carboxylic acids is 1. The van der Waals surface area contributed by atoms with Gasteiger partial charge >= 0.3 is 12.3 Å². The fraction of sp³-hybridized carbons (Fsp3) is 0.400. The standard InChI is InChI=1S/C10H9F4NO4/c1-17-6-4-15-7(9(16)18-2)5(3-11)8(6)19-10(12,13)14/h4H,3H2,1-2H3. The molecule has 0 aliphatic heterocycles. The molecule has 0 aliphatic rings. The number of carbonyl (C=O) groups is 1. The van der Waals surface area contributed by atoms with Gasteiger partial charge in [0, 0.05) is 0 Å². The van der Waals surface area contributed by atoms with E-state index in [9.17, 15) is 22.4 Å². The molecule has 0 atom stereocenters. The van der Waals surface area contributed by atoms with E-state index < -0.39 is 41.8 Å². The highest BCUT2D eigenvalue weighted by molar-refractivity contribution is 5.90. The second-order valence-electron chi connectivity index (χ2n) is 3.16. The van der Waals surface area contributed by atoms with Gasteiger partial charge in [-0.3, -0.25) is 0 Å². The van der Waals surface area contributed by atoms with Crippen molar-refractivity contribution in [1.82, 2.24) is 4.98 Å². The molecule has 0 aromatic carbocycles. The lowest BCUT2D eigenvalue weighted by Gasteiger charge is -2.16. The molecule has 0 unspecified atom stereocenters. The van der Waals surface area contributed by atoms with Crippen LogP contribution in [-0.2, 0) is 11.4 Å². The van der Waals surface area contributed by atoms with Gasteiger partial charge in [-0.25, -0.2) is 14.2 Å². The van der Waals surface area contributed by atoms with E-state index in [1.807, 2.05) is 0 Å². The summed E-state index contributed by atoms with van der Waals surface area (Å²) in [5.74, 6) is -2.48. The number of halogens is 4. The summed E-state index contributed by atoms with van der Waals surface area (Å²) in [6.07, 6.45) is -4.25. The first kappa shape index (κ1) is 15.0. The van der Waals surface area contributed by atoms with Crippen LogP contribution in [0.25, 0.3) is 0 Å². The largest absolute Gasteiger partial charge is 0.573 e. The molecule has 106 valence electrons. The van der Waals surface area contributed by atoms with Crippen molar-refractivity contribution in [2.45, 2.75) is 13.0 Å².